The minimum Gasteiger partial charge on any atom is -0.457 e. The predicted octanol–water partition coefficient (Wildman–Crippen LogP) is 5.53. The average Bonchev–Trinajstić information content (AvgIpc) is 3.72. The van der Waals surface area contributed by atoms with Gasteiger partial charge in [0.1, 0.15) is 41.2 Å². The molecule has 3 N–H and O–H groups in total. The first-order chi connectivity index (χ1) is 27.2. The molecule has 2 aromatic heterocycles. The van der Waals surface area contributed by atoms with Crippen LogP contribution < -0.4 is 15.8 Å². The largest absolute Gasteiger partial charge is 0.457 e. The van der Waals surface area contributed by atoms with Gasteiger partial charge >= 0.3 is 0 Å². The maximum absolute atomic E-state index is 14.9. The van der Waals surface area contributed by atoms with Gasteiger partial charge in [-0.1, -0.05) is 18.2 Å². The molecule has 0 radical (unpaired) electrons. The summed E-state index contributed by atoms with van der Waals surface area (Å²) in [6, 6.07) is 18.4. The van der Waals surface area contributed by atoms with Crippen LogP contribution in [-0.2, 0) is 14.4 Å². The molecule has 2 atom stereocenters. The van der Waals surface area contributed by atoms with Crippen LogP contribution in [0.25, 0.3) is 22.3 Å². The highest BCUT2D eigenvalue weighted by Gasteiger charge is 2.47. The minimum absolute atomic E-state index is 0.0165. The highest BCUT2D eigenvalue weighted by Crippen LogP contribution is 2.37. The van der Waals surface area contributed by atoms with Crippen molar-refractivity contribution >= 4 is 58.1 Å². The van der Waals surface area contributed by atoms with Crippen LogP contribution in [0.2, 0.25) is 0 Å². The number of rotatable bonds is 11. The first-order valence-corrected chi connectivity index (χ1v) is 19.4. The molecule has 16 heteroatoms. The number of unbranched alkanes of at least 4 members (excludes halogenated alkanes) is 1. The number of imide groups is 2. The summed E-state index contributed by atoms with van der Waals surface area (Å²) in [7, 11) is 0. The van der Waals surface area contributed by atoms with E-state index in [4.69, 9.17) is 15.6 Å². The number of benzene rings is 3. The fourth-order valence-corrected chi connectivity index (χ4v) is 8.57. The molecule has 14 nitrogen and oxygen atoms in total. The van der Waals surface area contributed by atoms with Gasteiger partial charge < -0.3 is 15.4 Å². The molecule has 0 spiro atoms. The second kappa shape index (κ2) is 15.5. The van der Waals surface area contributed by atoms with Gasteiger partial charge in [0.2, 0.25) is 17.7 Å². The van der Waals surface area contributed by atoms with Gasteiger partial charge in [-0.15, -0.1) is 11.8 Å². The third-order valence-electron chi connectivity index (χ3n) is 10.3. The molecule has 5 heterocycles. The summed E-state index contributed by atoms with van der Waals surface area (Å²) >= 11 is 1.29. The molecule has 5 aromatic rings. The van der Waals surface area contributed by atoms with E-state index in [-0.39, 0.29) is 35.9 Å². The molecule has 3 aromatic carbocycles. The van der Waals surface area contributed by atoms with Gasteiger partial charge in [0, 0.05) is 36.4 Å². The number of nitrogen functional groups attached to an aromatic ring is 1. The topological polar surface area (TPSA) is 183 Å². The van der Waals surface area contributed by atoms with Crippen LogP contribution in [0.3, 0.4) is 0 Å². The van der Waals surface area contributed by atoms with Crippen LogP contribution in [-0.4, -0.2) is 84.0 Å². The van der Waals surface area contributed by atoms with Crippen LogP contribution in [0.4, 0.5) is 10.2 Å². The highest BCUT2D eigenvalue weighted by molar-refractivity contribution is 7.99. The number of amides is 5. The van der Waals surface area contributed by atoms with Crippen LogP contribution >= 0.6 is 11.8 Å². The number of likely N-dealkylation sites (tertiary alicyclic amines) is 1. The lowest BCUT2D eigenvalue weighted by atomic mass is 10.0. The number of halogens is 1. The van der Waals surface area contributed by atoms with Crippen molar-refractivity contribution in [2.45, 2.75) is 61.9 Å². The third-order valence-corrected chi connectivity index (χ3v) is 11.4. The van der Waals surface area contributed by atoms with E-state index >= 15 is 0 Å². The van der Waals surface area contributed by atoms with E-state index in [1.54, 1.807) is 0 Å². The lowest BCUT2D eigenvalue weighted by molar-refractivity contribution is -0.136. The molecule has 0 bridgehead atoms. The van der Waals surface area contributed by atoms with Gasteiger partial charge in [-0.3, -0.25) is 34.2 Å². The van der Waals surface area contributed by atoms with Crippen molar-refractivity contribution in [1.82, 2.24) is 34.9 Å². The van der Waals surface area contributed by atoms with E-state index in [1.807, 2.05) is 64.2 Å². The summed E-state index contributed by atoms with van der Waals surface area (Å²) in [6.45, 7) is 1.08. The van der Waals surface area contributed by atoms with Crippen molar-refractivity contribution in [1.29, 1.82) is 0 Å². The number of carbonyl (C=O) groups excluding carboxylic acids is 5. The maximum atomic E-state index is 14.9. The fourth-order valence-electron chi connectivity index (χ4n) is 7.50. The number of anilines is 1. The second-order valence-corrected chi connectivity index (χ2v) is 15.0. The summed E-state index contributed by atoms with van der Waals surface area (Å²) in [6.07, 6.45) is 4.47. The van der Waals surface area contributed by atoms with Gasteiger partial charge in [0.25, 0.3) is 11.8 Å². The van der Waals surface area contributed by atoms with Crippen molar-refractivity contribution in [2.24, 2.45) is 0 Å². The minimum atomic E-state index is -1.18. The van der Waals surface area contributed by atoms with Crippen LogP contribution in [0, 0.1) is 5.82 Å². The molecular weight excluding hydrogens is 740 g/mol. The van der Waals surface area contributed by atoms with Crippen LogP contribution in [0.1, 0.15) is 71.7 Å². The molecule has 56 heavy (non-hydrogen) atoms. The van der Waals surface area contributed by atoms with E-state index in [2.05, 4.69) is 15.3 Å². The van der Waals surface area contributed by atoms with Gasteiger partial charge in [-0.05, 0) is 86.4 Å². The van der Waals surface area contributed by atoms with E-state index < -0.39 is 35.5 Å². The molecule has 5 amide bonds. The molecule has 1 unspecified atom stereocenters. The Kier molecular flexibility index (Phi) is 10.2. The van der Waals surface area contributed by atoms with E-state index in [9.17, 15) is 28.4 Å². The normalized spacial score (nSPS) is 18.4. The van der Waals surface area contributed by atoms with Crippen molar-refractivity contribution in [3.63, 3.8) is 0 Å². The van der Waals surface area contributed by atoms with Crippen molar-refractivity contribution < 1.29 is 33.1 Å². The SMILES string of the molecule is Nc1ncnc2c1c(-c1ccc(Oc3ccccc3)cc1)nn2[C@@H]1CCCN(C(=O)CCCCSc2ccc(F)c3c2C(=O)N(C2CCC(=O)NC2=O)C3=O)C1. The molecule has 8 rings (SSSR count). The number of carbonyl (C=O) groups is 5. The molecule has 2 fully saturated rings. The molecule has 2 saturated heterocycles. The zero-order valence-electron chi connectivity index (χ0n) is 30.2. The number of nitrogens with two attached hydrogens (primary N) is 1. The number of piperidine rings is 2. The zero-order valence-corrected chi connectivity index (χ0v) is 31.0. The summed E-state index contributed by atoms with van der Waals surface area (Å²) in [5.41, 5.74) is 8.01. The Morgan fingerprint density at radius 3 is 2.48 bits per heavy atom. The number of aromatic nitrogens is 4. The summed E-state index contributed by atoms with van der Waals surface area (Å²) < 4.78 is 22.7. The predicted molar refractivity (Wildman–Crippen MR) is 204 cm³/mol. The second-order valence-electron chi connectivity index (χ2n) is 13.9. The number of ether oxygens (including phenoxy) is 1. The Morgan fingerprint density at radius 2 is 1.70 bits per heavy atom. The molecule has 3 aliphatic rings. The van der Waals surface area contributed by atoms with Gasteiger partial charge in [0.15, 0.2) is 5.65 Å². The van der Waals surface area contributed by atoms with Crippen molar-refractivity contribution in [3.8, 4) is 22.8 Å². The van der Waals surface area contributed by atoms with Crippen molar-refractivity contribution in [2.75, 3.05) is 24.6 Å². The van der Waals surface area contributed by atoms with Gasteiger partial charge in [-0.25, -0.2) is 19.0 Å². The summed E-state index contributed by atoms with van der Waals surface area (Å²) in [5, 5.41) is 7.78. The number of hydrogen-bond donors (Lipinski definition) is 2. The molecule has 0 saturated carbocycles. The first kappa shape index (κ1) is 36.8. The maximum Gasteiger partial charge on any atom is 0.265 e. The molecule has 286 valence electrons. The Morgan fingerprint density at radius 1 is 0.929 bits per heavy atom. The highest BCUT2D eigenvalue weighted by atomic mass is 32.2. The summed E-state index contributed by atoms with van der Waals surface area (Å²) in [4.78, 5) is 75.9. The van der Waals surface area contributed by atoms with E-state index in [0.29, 0.717) is 71.3 Å². The zero-order chi connectivity index (χ0) is 38.9. The van der Waals surface area contributed by atoms with Crippen molar-refractivity contribution in [3.05, 3.63) is 90.0 Å². The quantitative estimate of drug-likeness (QED) is 0.0977. The van der Waals surface area contributed by atoms with E-state index in [1.165, 1.54) is 24.2 Å². The molecule has 3 aliphatic heterocycles. The third kappa shape index (κ3) is 7.07. The monoisotopic (exact) mass is 776 g/mol. The number of fused-ring (bicyclic) bond motifs is 2. The number of nitrogens with zero attached hydrogens (tertiary/aromatic N) is 6. The number of para-hydroxylation sites is 1. The molecule has 0 aliphatic carbocycles. The summed E-state index contributed by atoms with van der Waals surface area (Å²) in [5.74, 6) is -1.48. The average molecular weight is 777 g/mol. The number of hydrogen-bond acceptors (Lipinski definition) is 11. The van der Waals surface area contributed by atoms with Gasteiger partial charge in [-0.2, -0.15) is 5.10 Å². The Hall–Kier alpha value is -6.16. The first-order valence-electron chi connectivity index (χ1n) is 18.4. The molecular formula is C40H37FN8O6S. The van der Waals surface area contributed by atoms with Crippen LogP contribution in [0.15, 0.2) is 78.0 Å². The Bertz CT molecular complexity index is 2370. The standard InChI is InChI=1S/C40H37FN8O6S/c41-27-15-17-29(33-32(27)39(53)48(40(33)54)28-16-18-30(50)45-38(28)52)56-20-5-4-10-31(51)47-19-6-7-24(21-47)49-37-34(36(42)43-22-44-37)35(46-49)23-11-13-26(14-12-23)55-25-8-2-1-3-9-25/h1-3,8-9,11-15,17,22,24,28H,4-7,10,16,18-21H2,(H2,42,43,44)(H,45,50,52)/t24-,28?/m1/s1. The Labute approximate surface area is 324 Å². The smallest absolute Gasteiger partial charge is 0.265 e. The Balaban J connectivity index is 0.890. The number of nitrogens with one attached hydrogen (secondary N) is 1. The number of thioether (sulfide) groups is 1. The van der Waals surface area contributed by atoms with Crippen LogP contribution in [0.5, 0.6) is 11.5 Å². The lowest BCUT2D eigenvalue weighted by Crippen LogP contribution is -2.54. The fraction of sp³-hybridized carbons (Fsp3) is 0.300. The van der Waals surface area contributed by atoms with E-state index in [0.717, 1.165) is 35.1 Å². The lowest BCUT2D eigenvalue weighted by Gasteiger charge is -2.33. The van der Waals surface area contributed by atoms with Gasteiger partial charge in [0.05, 0.1) is 22.6 Å².